The molecule has 1 amide bonds. The van der Waals surface area contributed by atoms with Gasteiger partial charge in [-0.05, 0) is 86.4 Å². The zero-order chi connectivity index (χ0) is 26.7. The van der Waals surface area contributed by atoms with E-state index in [0.717, 1.165) is 64.6 Å². The van der Waals surface area contributed by atoms with Crippen molar-refractivity contribution in [2.75, 3.05) is 13.2 Å². The molecule has 1 N–H and O–H groups in total. The zero-order valence-electron chi connectivity index (χ0n) is 22.6. The summed E-state index contributed by atoms with van der Waals surface area (Å²) in [5, 5.41) is 8.86. The van der Waals surface area contributed by atoms with E-state index >= 15 is 0 Å². The minimum Gasteiger partial charge on any atom is -0.444 e. The highest BCUT2D eigenvalue weighted by Gasteiger charge is 2.21. The van der Waals surface area contributed by atoms with Gasteiger partial charge in [0.1, 0.15) is 11.8 Å². The van der Waals surface area contributed by atoms with Crippen LogP contribution in [0, 0.1) is 0 Å². The molecule has 2 aromatic carbocycles. The molecule has 2 atom stereocenters. The number of ether oxygens (including phenoxy) is 2. The maximum Gasteiger partial charge on any atom is 0.407 e. The highest BCUT2D eigenvalue weighted by Crippen LogP contribution is 2.39. The summed E-state index contributed by atoms with van der Waals surface area (Å²) in [5.74, 6) is 0.146. The summed E-state index contributed by atoms with van der Waals surface area (Å²) in [5.41, 5.74) is 6.09. The standard InChI is InChI=1S/C31H36N4O3/c1-21(19-33-30(36)38-31(2,3)4)22-8-10-23(11-9-22)25-12-13-27-26(29(25)24-14-16-32-17-15-24)20-35(34-27)28-7-5-6-18-37-28/h8-17,20-21,28H,5-7,18-19H2,1-4H3,(H,33,36). The van der Waals surface area contributed by atoms with Crippen LogP contribution >= 0.6 is 0 Å². The Morgan fingerprint density at radius 2 is 1.84 bits per heavy atom. The van der Waals surface area contributed by atoms with Crippen molar-refractivity contribution in [2.45, 2.75) is 64.7 Å². The molecule has 0 radical (unpaired) electrons. The third-order valence-electron chi connectivity index (χ3n) is 6.87. The van der Waals surface area contributed by atoms with Crippen LogP contribution in [-0.4, -0.2) is 39.6 Å². The van der Waals surface area contributed by atoms with Gasteiger partial charge in [0, 0.05) is 42.7 Å². The predicted octanol–water partition coefficient (Wildman–Crippen LogP) is 7.09. The first-order valence-electron chi connectivity index (χ1n) is 13.4. The molecule has 2 aromatic heterocycles. The molecule has 2 unspecified atom stereocenters. The van der Waals surface area contributed by atoms with Crippen LogP contribution in [0.5, 0.6) is 0 Å². The number of nitrogens with zero attached hydrogens (tertiary/aromatic N) is 3. The average molecular weight is 513 g/mol. The summed E-state index contributed by atoms with van der Waals surface area (Å²) in [6, 6.07) is 16.9. The number of amides is 1. The van der Waals surface area contributed by atoms with Crippen LogP contribution in [0.15, 0.2) is 67.1 Å². The summed E-state index contributed by atoms with van der Waals surface area (Å²) < 4.78 is 13.4. The Kier molecular flexibility index (Phi) is 7.47. The summed E-state index contributed by atoms with van der Waals surface area (Å²) >= 11 is 0. The van der Waals surface area contributed by atoms with Gasteiger partial charge in [0.05, 0.1) is 5.52 Å². The van der Waals surface area contributed by atoms with Gasteiger partial charge in [0.25, 0.3) is 0 Å². The second-order valence-corrected chi connectivity index (χ2v) is 11.0. The Hall–Kier alpha value is -3.71. The molecule has 0 spiro atoms. The normalized spacial score (nSPS) is 16.8. The molecule has 38 heavy (non-hydrogen) atoms. The highest BCUT2D eigenvalue weighted by molar-refractivity contribution is 6.02. The third-order valence-corrected chi connectivity index (χ3v) is 6.87. The minimum absolute atomic E-state index is 0.0139. The number of rotatable bonds is 6. The molecule has 7 heteroatoms. The lowest BCUT2D eigenvalue weighted by Crippen LogP contribution is -2.34. The molecule has 1 aliphatic rings. The Morgan fingerprint density at radius 1 is 1.08 bits per heavy atom. The molecule has 1 saturated heterocycles. The van der Waals surface area contributed by atoms with Gasteiger partial charge in [0.15, 0.2) is 0 Å². The number of aromatic nitrogens is 3. The average Bonchev–Trinajstić information content (AvgIpc) is 3.36. The van der Waals surface area contributed by atoms with Crippen LogP contribution < -0.4 is 5.32 Å². The third kappa shape index (κ3) is 5.89. The van der Waals surface area contributed by atoms with E-state index in [4.69, 9.17) is 14.6 Å². The molecule has 5 rings (SSSR count). The molecular formula is C31H36N4O3. The Balaban J connectivity index is 1.44. The molecule has 3 heterocycles. The minimum atomic E-state index is -0.511. The summed E-state index contributed by atoms with van der Waals surface area (Å²) in [4.78, 5) is 16.3. The number of carbonyl (C=O) groups excluding carboxylic acids is 1. The summed E-state index contributed by atoms with van der Waals surface area (Å²) in [6.07, 6.45) is 8.62. The molecule has 0 aliphatic carbocycles. The van der Waals surface area contributed by atoms with Crippen molar-refractivity contribution in [1.82, 2.24) is 20.1 Å². The van der Waals surface area contributed by atoms with Gasteiger partial charge < -0.3 is 14.8 Å². The first-order chi connectivity index (χ1) is 18.3. The van der Waals surface area contributed by atoms with Gasteiger partial charge >= 0.3 is 6.09 Å². The van der Waals surface area contributed by atoms with Gasteiger partial charge in [-0.25, -0.2) is 9.48 Å². The van der Waals surface area contributed by atoms with Gasteiger partial charge in [-0.15, -0.1) is 0 Å². The number of nitrogens with one attached hydrogen (secondary N) is 1. The van der Waals surface area contributed by atoms with Crippen LogP contribution in [0.1, 0.15) is 64.7 Å². The van der Waals surface area contributed by atoms with E-state index in [1.54, 1.807) is 0 Å². The summed E-state index contributed by atoms with van der Waals surface area (Å²) in [7, 11) is 0. The van der Waals surface area contributed by atoms with Crippen molar-refractivity contribution >= 4 is 17.0 Å². The smallest absolute Gasteiger partial charge is 0.407 e. The van der Waals surface area contributed by atoms with Gasteiger partial charge in [-0.1, -0.05) is 37.3 Å². The largest absolute Gasteiger partial charge is 0.444 e. The van der Waals surface area contributed by atoms with Crippen molar-refractivity contribution in [3.63, 3.8) is 0 Å². The van der Waals surface area contributed by atoms with Crippen LogP contribution in [0.25, 0.3) is 33.2 Å². The lowest BCUT2D eigenvalue weighted by molar-refractivity contribution is -0.0390. The van der Waals surface area contributed by atoms with E-state index < -0.39 is 11.7 Å². The molecule has 7 nitrogen and oxygen atoms in total. The molecule has 0 bridgehead atoms. The molecule has 198 valence electrons. The molecule has 4 aromatic rings. The van der Waals surface area contributed by atoms with E-state index in [1.807, 2.05) is 50.0 Å². The predicted molar refractivity (Wildman–Crippen MR) is 150 cm³/mol. The number of pyridine rings is 1. The second-order valence-electron chi connectivity index (χ2n) is 11.0. The highest BCUT2D eigenvalue weighted by atomic mass is 16.6. The Bertz CT molecular complexity index is 1380. The van der Waals surface area contributed by atoms with Crippen molar-refractivity contribution in [1.29, 1.82) is 0 Å². The topological polar surface area (TPSA) is 78.3 Å². The number of benzene rings is 2. The monoisotopic (exact) mass is 512 g/mol. The number of hydrogen-bond acceptors (Lipinski definition) is 5. The SMILES string of the molecule is CC(CNC(=O)OC(C)(C)C)c1ccc(-c2ccc3nn(C4CCCCO4)cc3c2-c2ccncc2)cc1. The van der Waals surface area contributed by atoms with E-state index in [-0.39, 0.29) is 12.1 Å². The molecule has 0 saturated carbocycles. The second kappa shape index (κ2) is 11.0. The number of fused-ring (bicyclic) bond motifs is 1. The summed E-state index contributed by atoms with van der Waals surface area (Å²) in [6.45, 7) is 8.97. The maximum absolute atomic E-state index is 12.1. The molecule has 1 aliphatic heterocycles. The van der Waals surface area contributed by atoms with Gasteiger partial charge in [0.2, 0.25) is 0 Å². The zero-order valence-corrected chi connectivity index (χ0v) is 22.6. The fraction of sp³-hybridized carbons (Fsp3) is 0.387. The van der Waals surface area contributed by atoms with Gasteiger partial charge in [-0.3, -0.25) is 4.98 Å². The van der Waals surface area contributed by atoms with Crippen molar-refractivity contribution in [3.8, 4) is 22.3 Å². The van der Waals surface area contributed by atoms with Crippen molar-refractivity contribution in [2.24, 2.45) is 0 Å². The number of alkyl carbamates (subject to hydrolysis) is 1. The van der Waals surface area contributed by atoms with Crippen LogP contribution in [0.3, 0.4) is 0 Å². The lowest BCUT2D eigenvalue weighted by Gasteiger charge is -2.22. The fourth-order valence-corrected chi connectivity index (χ4v) is 4.92. The number of hydrogen-bond donors (Lipinski definition) is 1. The van der Waals surface area contributed by atoms with E-state index in [1.165, 1.54) is 0 Å². The maximum atomic E-state index is 12.1. The fourth-order valence-electron chi connectivity index (χ4n) is 4.92. The Morgan fingerprint density at radius 3 is 2.53 bits per heavy atom. The van der Waals surface area contributed by atoms with E-state index in [2.05, 4.69) is 59.8 Å². The van der Waals surface area contributed by atoms with E-state index in [0.29, 0.717) is 6.54 Å². The molecule has 1 fully saturated rings. The Labute approximate surface area is 224 Å². The van der Waals surface area contributed by atoms with Crippen LogP contribution in [0.2, 0.25) is 0 Å². The number of carbonyl (C=O) groups is 1. The van der Waals surface area contributed by atoms with Crippen LogP contribution in [0.4, 0.5) is 4.79 Å². The van der Waals surface area contributed by atoms with E-state index in [9.17, 15) is 4.79 Å². The van der Waals surface area contributed by atoms with Gasteiger partial charge in [-0.2, -0.15) is 5.10 Å². The van der Waals surface area contributed by atoms with Crippen molar-refractivity contribution in [3.05, 3.63) is 72.7 Å². The van der Waals surface area contributed by atoms with Crippen LogP contribution in [-0.2, 0) is 9.47 Å². The lowest BCUT2D eigenvalue weighted by atomic mass is 9.91. The first-order valence-corrected chi connectivity index (χ1v) is 13.4. The first kappa shape index (κ1) is 25.9. The quantitative estimate of drug-likeness (QED) is 0.298. The van der Waals surface area contributed by atoms with Crippen molar-refractivity contribution < 1.29 is 14.3 Å². The molecular weight excluding hydrogens is 476 g/mol.